The largest absolute Gasteiger partial charge is 0.279 e. The first-order chi connectivity index (χ1) is 9.95. The van der Waals surface area contributed by atoms with Crippen molar-refractivity contribution in [2.45, 2.75) is 6.42 Å². The van der Waals surface area contributed by atoms with Gasteiger partial charge in [0.25, 0.3) is 5.91 Å². The number of halogens is 3. The van der Waals surface area contributed by atoms with Gasteiger partial charge in [-0.05, 0) is 61.7 Å². The summed E-state index contributed by atoms with van der Waals surface area (Å²) in [6.07, 6.45) is 0.0350. The molecule has 0 radical (unpaired) electrons. The number of nitrogens with one attached hydrogen (secondary N) is 2. The van der Waals surface area contributed by atoms with Crippen LogP contribution >= 0.6 is 43.2 Å². The maximum atomic E-state index is 13.1. The predicted octanol–water partition coefficient (Wildman–Crippen LogP) is 3.42. The average Bonchev–Trinajstić information content (AvgIpc) is 2.87. The zero-order valence-corrected chi connectivity index (χ0v) is 14.4. The first-order valence-electron chi connectivity index (χ1n) is 5.74. The monoisotopic (exact) mass is 434 g/mol. The second-order valence-corrected chi connectivity index (χ2v) is 7.35. The van der Waals surface area contributed by atoms with Crippen molar-refractivity contribution in [2.75, 3.05) is 0 Å². The molecule has 0 aliphatic heterocycles. The van der Waals surface area contributed by atoms with Crippen LogP contribution < -0.4 is 10.9 Å². The summed E-state index contributed by atoms with van der Waals surface area (Å²) in [4.78, 5) is 23.9. The van der Waals surface area contributed by atoms with Gasteiger partial charge in [-0.25, -0.2) is 4.39 Å². The van der Waals surface area contributed by atoms with E-state index in [4.69, 9.17) is 0 Å². The van der Waals surface area contributed by atoms with Gasteiger partial charge in [-0.3, -0.25) is 20.4 Å². The molecule has 21 heavy (non-hydrogen) atoms. The molecule has 0 spiro atoms. The number of hydrogen-bond acceptors (Lipinski definition) is 3. The van der Waals surface area contributed by atoms with Gasteiger partial charge in [-0.1, -0.05) is 6.07 Å². The van der Waals surface area contributed by atoms with Gasteiger partial charge in [0.05, 0.1) is 19.6 Å². The van der Waals surface area contributed by atoms with Gasteiger partial charge in [-0.15, -0.1) is 11.3 Å². The number of carbonyl (C=O) groups excluding carboxylic acids is 2. The Balaban J connectivity index is 1.87. The molecule has 1 aromatic carbocycles. The van der Waals surface area contributed by atoms with Crippen molar-refractivity contribution in [3.63, 3.8) is 0 Å². The lowest BCUT2D eigenvalue weighted by Crippen LogP contribution is -2.42. The Morgan fingerprint density at radius 1 is 1.14 bits per heavy atom. The lowest BCUT2D eigenvalue weighted by molar-refractivity contribution is -0.121. The highest BCUT2D eigenvalue weighted by molar-refractivity contribution is 9.11. The molecule has 0 atom stereocenters. The number of benzene rings is 1. The van der Waals surface area contributed by atoms with Gasteiger partial charge < -0.3 is 0 Å². The van der Waals surface area contributed by atoms with Gasteiger partial charge >= 0.3 is 0 Å². The summed E-state index contributed by atoms with van der Waals surface area (Å²) in [5, 5.41) is 0. The Labute approximate surface area is 141 Å². The second-order valence-electron chi connectivity index (χ2n) is 4.03. The fraction of sp³-hybridized carbons (Fsp3) is 0.0769. The average molecular weight is 436 g/mol. The molecule has 0 saturated heterocycles. The van der Waals surface area contributed by atoms with Crippen LogP contribution in [0.2, 0.25) is 0 Å². The number of hydrazine groups is 1. The van der Waals surface area contributed by atoms with Gasteiger partial charge in [0, 0.05) is 0 Å². The van der Waals surface area contributed by atoms with Crippen molar-refractivity contribution >= 4 is 55.0 Å². The van der Waals surface area contributed by atoms with Crippen LogP contribution in [0.4, 0.5) is 4.39 Å². The van der Waals surface area contributed by atoms with Gasteiger partial charge in [0.2, 0.25) is 5.91 Å². The molecule has 0 saturated carbocycles. The van der Waals surface area contributed by atoms with Crippen LogP contribution in [-0.4, -0.2) is 11.8 Å². The molecule has 0 fully saturated rings. The summed E-state index contributed by atoms with van der Waals surface area (Å²) in [5.74, 6) is -1.17. The van der Waals surface area contributed by atoms with Crippen molar-refractivity contribution in [2.24, 2.45) is 0 Å². The van der Waals surface area contributed by atoms with E-state index >= 15 is 0 Å². The predicted molar refractivity (Wildman–Crippen MR) is 85.4 cm³/mol. The van der Waals surface area contributed by atoms with Crippen LogP contribution in [0.5, 0.6) is 0 Å². The van der Waals surface area contributed by atoms with Crippen LogP contribution in [0, 0.1) is 5.82 Å². The quantitative estimate of drug-likeness (QED) is 0.725. The third-order valence-corrected chi connectivity index (χ3v) is 4.69. The first kappa shape index (κ1) is 16.1. The minimum Gasteiger partial charge on any atom is -0.273 e. The van der Waals surface area contributed by atoms with E-state index in [1.54, 1.807) is 12.1 Å². The molecule has 110 valence electrons. The van der Waals surface area contributed by atoms with Gasteiger partial charge in [0.1, 0.15) is 5.82 Å². The number of hydrogen-bond donors (Lipinski definition) is 2. The fourth-order valence-corrected chi connectivity index (χ4v) is 3.21. The Kier molecular flexibility index (Phi) is 5.49. The van der Waals surface area contributed by atoms with Crippen LogP contribution in [0.25, 0.3) is 0 Å². The smallest absolute Gasteiger partial charge is 0.273 e. The third-order valence-electron chi connectivity index (χ3n) is 2.46. The Morgan fingerprint density at radius 2 is 1.90 bits per heavy atom. The Morgan fingerprint density at radius 3 is 2.52 bits per heavy atom. The standard InChI is InChI=1S/C13H9Br2FN2O2S/c14-8-5-7(1-2-9(8)16)6-12(19)17-18-13(20)10-3-4-11(15)21-10/h1-5H,6H2,(H,17,19)(H,18,20). The Bertz CT molecular complexity index is 691. The van der Waals surface area contributed by atoms with E-state index in [0.29, 0.717) is 14.9 Å². The summed E-state index contributed by atoms with van der Waals surface area (Å²) in [7, 11) is 0. The van der Waals surface area contributed by atoms with E-state index in [0.717, 1.165) is 3.79 Å². The highest BCUT2D eigenvalue weighted by Crippen LogP contribution is 2.21. The van der Waals surface area contributed by atoms with E-state index in [-0.39, 0.29) is 12.3 Å². The van der Waals surface area contributed by atoms with E-state index in [2.05, 4.69) is 42.7 Å². The van der Waals surface area contributed by atoms with Gasteiger partial charge in [0.15, 0.2) is 0 Å². The highest BCUT2D eigenvalue weighted by atomic mass is 79.9. The molecule has 0 aliphatic rings. The number of thiophene rings is 1. The summed E-state index contributed by atoms with van der Waals surface area (Å²) in [6.45, 7) is 0. The van der Waals surface area contributed by atoms with E-state index in [1.807, 2.05) is 0 Å². The fourth-order valence-electron chi connectivity index (χ4n) is 1.50. The molecule has 8 heteroatoms. The van der Waals surface area contributed by atoms with Crippen molar-refractivity contribution < 1.29 is 14.0 Å². The number of carbonyl (C=O) groups is 2. The maximum Gasteiger partial charge on any atom is 0.279 e. The zero-order valence-electron chi connectivity index (χ0n) is 10.5. The molecule has 2 N–H and O–H groups in total. The highest BCUT2D eigenvalue weighted by Gasteiger charge is 2.10. The second kappa shape index (κ2) is 7.15. The molecule has 0 aliphatic carbocycles. The topological polar surface area (TPSA) is 58.2 Å². The molecule has 2 rings (SSSR count). The van der Waals surface area contributed by atoms with Crippen LogP contribution in [0.1, 0.15) is 15.2 Å². The SMILES string of the molecule is O=C(Cc1ccc(F)c(Br)c1)NNC(=O)c1ccc(Br)s1. The molecule has 4 nitrogen and oxygen atoms in total. The lowest BCUT2D eigenvalue weighted by atomic mass is 10.1. The molecule has 2 aromatic rings. The summed E-state index contributed by atoms with van der Waals surface area (Å²) in [6, 6.07) is 7.70. The molecular weight excluding hydrogens is 427 g/mol. The zero-order chi connectivity index (χ0) is 15.4. The van der Waals surface area contributed by atoms with E-state index < -0.39 is 11.7 Å². The van der Waals surface area contributed by atoms with Crippen molar-refractivity contribution in [1.29, 1.82) is 0 Å². The van der Waals surface area contributed by atoms with Crippen LogP contribution in [-0.2, 0) is 11.2 Å². The molecule has 0 bridgehead atoms. The number of amides is 2. The minimum absolute atomic E-state index is 0.0350. The first-order valence-corrected chi connectivity index (χ1v) is 8.14. The summed E-state index contributed by atoms with van der Waals surface area (Å²) >= 11 is 7.57. The van der Waals surface area contributed by atoms with Crippen molar-refractivity contribution in [1.82, 2.24) is 10.9 Å². The molecule has 2 amide bonds. The number of rotatable bonds is 3. The van der Waals surface area contributed by atoms with Crippen molar-refractivity contribution in [3.05, 3.63) is 54.8 Å². The molecule has 0 unspecified atom stereocenters. The minimum atomic E-state index is -0.393. The molecular formula is C13H9Br2FN2O2S. The van der Waals surface area contributed by atoms with Gasteiger partial charge in [-0.2, -0.15) is 0 Å². The van der Waals surface area contributed by atoms with E-state index in [9.17, 15) is 14.0 Å². The van der Waals surface area contributed by atoms with Crippen molar-refractivity contribution in [3.8, 4) is 0 Å². The normalized spacial score (nSPS) is 10.2. The summed E-state index contributed by atoms with van der Waals surface area (Å²) in [5.41, 5.74) is 5.27. The third kappa shape index (κ3) is 4.62. The van der Waals surface area contributed by atoms with Crippen LogP contribution in [0.3, 0.4) is 0 Å². The summed E-state index contributed by atoms with van der Waals surface area (Å²) < 4.78 is 14.2. The Hall–Kier alpha value is -1.25. The molecule has 1 heterocycles. The lowest BCUT2D eigenvalue weighted by Gasteiger charge is -2.06. The maximum absolute atomic E-state index is 13.1. The van der Waals surface area contributed by atoms with E-state index in [1.165, 1.54) is 29.5 Å². The van der Waals surface area contributed by atoms with Crippen LogP contribution in [0.15, 0.2) is 38.6 Å². The molecule has 1 aromatic heterocycles.